The fraction of sp³-hybridized carbons (Fsp3) is 0.176. The summed E-state index contributed by atoms with van der Waals surface area (Å²) in [6, 6.07) is 9.25. The van der Waals surface area contributed by atoms with Crippen LogP contribution in [-0.2, 0) is 0 Å². The molecular weight excluding hydrogens is 334 g/mol. The molecule has 0 unspecified atom stereocenters. The lowest BCUT2D eigenvalue weighted by Gasteiger charge is -2.12. The zero-order chi connectivity index (χ0) is 17.7. The molecule has 0 aromatic heterocycles. The second-order valence-electron chi connectivity index (χ2n) is 4.78. The molecule has 0 saturated carbocycles. The van der Waals surface area contributed by atoms with Gasteiger partial charge in [0.2, 0.25) is 5.78 Å². The summed E-state index contributed by atoms with van der Waals surface area (Å²) in [7, 11) is 2.97. The highest BCUT2D eigenvalue weighted by Gasteiger charge is 2.16. The summed E-state index contributed by atoms with van der Waals surface area (Å²) in [5.74, 6) is 0.113. The van der Waals surface area contributed by atoms with Crippen molar-refractivity contribution in [3.05, 3.63) is 52.5 Å². The van der Waals surface area contributed by atoms with Crippen LogP contribution in [0.4, 0.5) is 0 Å². The van der Waals surface area contributed by atoms with Crippen LogP contribution in [0, 0.1) is 0 Å². The van der Waals surface area contributed by atoms with Crippen LogP contribution in [0.25, 0.3) is 0 Å². The van der Waals surface area contributed by atoms with E-state index in [0.29, 0.717) is 22.1 Å². The zero-order valence-electron chi connectivity index (χ0n) is 13.2. The fourth-order valence-corrected chi connectivity index (χ4v) is 2.24. The first-order valence-electron chi connectivity index (χ1n) is 6.93. The topological polar surface area (TPSA) is 87.9 Å². The van der Waals surface area contributed by atoms with Crippen molar-refractivity contribution in [2.24, 2.45) is 5.73 Å². The molecule has 6 nitrogen and oxygen atoms in total. The van der Waals surface area contributed by atoms with Crippen LogP contribution in [-0.4, -0.2) is 32.5 Å². The fourth-order valence-electron chi connectivity index (χ4n) is 2.07. The molecule has 2 rings (SSSR count). The first kappa shape index (κ1) is 17.6. The highest BCUT2D eigenvalue weighted by molar-refractivity contribution is 6.31. The van der Waals surface area contributed by atoms with Gasteiger partial charge in [0.05, 0.1) is 25.3 Å². The molecule has 0 aliphatic carbocycles. The van der Waals surface area contributed by atoms with Gasteiger partial charge in [-0.3, -0.25) is 9.59 Å². The van der Waals surface area contributed by atoms with E-state index < -0.39 is 5.91 Å². The average Bonchev–Trinajstić information content (AvgIpc) is 2.59. The maximum atomic E-state index is 12.4. The molecule has 0 bridgehead atoms. The number of amides is 1. The lowest BCUT2D eigenvalue weighted by atomic mass is 10.1. The van der Waals surface area contributed by atoms with E-state index in [2.05, 4.69) is 0 Å². The molecule has 0 radical (unpaired) electrons. The number of hydrogen-bond acceptors (Lipinski definition) is 5. The van der Waals surface area contributed by atoms with E-state index in [1.807, 2.05) is 0 Å². The molecule has 24 heavy (non-hydrogen) atoms. The van der Waals surface area contributed by atoms with Crippen LogP contribution in [0.15, 0.2) is 36.4 Å². The molecule has 2 N–H and O–H groups in total. The molecule has 0 fully saturated rings. The average molecular weight is 350 g/mol. The van der Waals surface area contributed by atoms with E-state index >= 15 is 0 Å². The third kappa shape index (κ3) is 3.97. The number of ether oxygens (including phenoxy) is 3. The van der Waals surface area contributed by atoms with Gasteiger partial charge >= 0.3 is 0 Å². The second kappa shape index (κ2) is 7.70. The molecule has 1 amide bonds. The third-order valence-corrected chi connectivity index (χ3v) is 3.51. The lowest BCUT2D eigenvalue weighted by molar-refractivity contribution is 0.0909. The minimum absolute atomic E-state index is 0.108. The lowest BCUT2D eigenvalue weighted by Crippen LogP contribution is -2.17. The summed E-state index contributed by atoms with van der Waals surface area (Å²) in [4.78, 5) is 23.8. The van der Waals surface area contributed by atoms with Gasteiger partial charge in [-0.05, 0) is 30.3 Å². The van der Waals surface area contributed by atoms with Crippen LogP contribution in [0.2, 0.25) is 5.02 Å². The van der Waals surface area contributed by atoms with Crippen molar-refractivity contribution in [3.63, 3.8) is 0 Å². The summed E-state index contributed by atoms with van der Waals surface area (Å²) in [5, 5.41) is 0.347. The number of nitrogens with two attached hydrogens (primary N) is 1. The van der Waals surface area contributed by atoms with Gasteiger partial charge in [-0.2, -0.15) is 0 Å². The second-order valence-corrected chi connectivity index (χ2v) is 5.22. The largest absolute Gasteiger partial charge is 0.497 e. The van der Waals surface area contributed by atoms with Crippen LogP contribution < -0.4 is 19.9 Å². The number of ketones is 1. The van der Waals surface area contributed by atoms with Crippen molar-refractivity contribution in [1.82, 2.24) is 0 Å². The predicted molar refractivity (Wildman–Crippen MR) is 89.3 cm³/mol. The Hall–Kier alpha value is -2.73. The molecule has 7 heteroatoms. The number of primary amides is 1. The number of carbonyl (C=O) groups is 2. The van der Waals surface area contributed by atoms with Gasteiger partial charge in [-0.1, -0.05) is 11.6 Å². The van der Waals surface area contributed by atoms with Crippen molar-refractivity contribution >= 4 is 23.3 Å². The molecule has 126 valence electrons. The molecule has 2 aromatic rings. The maximum Gasteiger partial charge on any atom is 0.252 e. The summed E-state index contributed by atoms with van der Waals surface area (Å²) in [6.07, 6.45) is 0. The first-order chi connectivity index (χ1) is 11.5. The van der Waals surface area contributed by atoms with Crippen molar-refractivity contribution < 1.29 is 23.8 Å². The Kier molecular flexibility index (Phi) is 5.65. The smallest absolute Gasteiger partial charge is 0.252 e. The molecular formula is C17H16ClNO5. The molecule has 2 aromatic carbocycles. The Labute approximate surface area is 144 Å². The van der Waals surface area contributed by atoms with E-state index in [0.717, 1.165) is 0 Å². The van der Waals surface area contributed by atoms with E-state index in [1.165, 1.54) is 26.4 Å². The minimum Gasteiger partial charge on any atom is -0.497 e. The Morgan fingerprint density at radius 3 is 2.38 bits per heavy atom. The summed E-state index contributed by atoms with van der Waals surface area (Å²) in [6.45, 7) is -0.287. The van der Waals surface area contributed by atoms with Gasteiger partial charge in [0, 0.05) is 11.1 Å². The summed E-state index contributed by atoms with van der Waals surface area (Å²) in [5.41, 5.74) is 5.73. The predicted octanol–water partition coefficient (Wildman–Crippen LogP) is 2.72. The molecule has 0 aliphatic rings. The Bertz CT molecular complexity index is 776. The molecule has 0 heterocycles. The van der Waals surface area contributed by atoms with Gasteiger partial charge in [-0.15, -0.1) is 0 Å². The maximum absolute atomic E-state index is 12.4. The monoisotopic (exact) mass is 349 g/mol. The number of Topliss-reactive ketones (excluding diaryl/α,β-unsaturated/α-hetero) is 1. The van der Waals surface area contributed by atoms with Crippen molar-refractivity contribution in [3.8, 4) is 17.2 Å². The van der Waals surface area contributed by atoms with Crippen LogP contribution in [0.5, 0.6) is 17.2 Å². The highest BCUT2D eigenvalue weighted by Crippen LogP contribution is 2.26. The number of halogens is 1. The van der Waals surface area contributed by atoms with E-state index in [4.69, 9.17) is 31.5 Å². The molecule has 0 aliphatic heterocycles. The zero-order valence-corrected chi connectivity index (χ0v) is 13.9. The van der Waals surface area contributed by atoms with Crippen molar-refractivity contribution in [2.75, 3.05) is 20.8 Å². The highest BCUT2D eigenvalue weighted by atomic mass is 35.5. The van der Waals surface area contributed by atoms with Crippen molar-refractivity contribution in [2.45, 2.75) is 0 Å². The van der Waals surface area contributed by atoms with E-state index in [9.17, 15) is 9.59 Å². The molecule has 0 spiro atoms. The number of carbonyl (C=O) groups excluding carboxylic acids is 2. The van der Waals surface area contributed by atoms with Gasteiger partial charge in [-0.25, -0.2) is 0 Å². The Morgan fingerprint density at radius 1 is 1.00 bits per heavy atom. The van der Waals surface area contributed by atoms with Gasteiger partial charge in [0.25, 0.3) is 5.91 Å². The van der Waals surface area contributed by atoms with Crippen LogP contribution >= 0.6 is 11.6 Å². The minimum atomic E-state index is -0.693. The Balaban J connectivity index is 2.18. The molecule has 0 atom stereocenters. The normalized spacial score (nSPS) is 10.1. The Morgan fingerprint density at radius 2 is 1.75 bits per heavy atom. The van der Waals surface area contributed by atoms with Gasteiger partial charge in [0.15, 0.2) is 6.61 Å². The number of rotatable bonds is 7. The summed E-state index contributed by atoms with van der Waals surface area (Å²) < 4.78 is 15.7. The number of hydrogen-bond donors (Lipinski definition) is 1. The van der Waals surface area contributed by atoms with Crippen LogP contribution in [0.3, 0.4) is 0 Å². The van der Waals surface area contributed by atoms with Gasteiger partial charge < -0.3 is 19.9 Å². The SMILES string of the molecule is COc1ccc(C(=O)COc2ccc(Cl)cc2C(N)=O)c(OC)c1. The quantitative estimate of drug-likeness (QED) is 0.776. The third-order valence-electron chi connectivity index (χ3n) is 3.27. The van der Waals surface area contributed by atoms with Crippen LogP contribution in [0.1, 0.15) is 20.7 Å². The molecule has 0 saturated heterocycles. The first-order valence-corrected chi connectivity index (χ1v) is 7.31. The summed E-state index contributed by atoms with van der Waals surface area (Å²) >= 11 is 5.83. The van der Waals surface area contributed by atoms with E-state index in [1.54, 1.807) is 24.3 Å². The number of benzene rings is 2. The standard InChI is InChI=1S/C17H16ClNO5/c1-22-11-4-5-12(16(8-11)23-2)14(20)9-24-15-6-3-10(18)7-13(15)17(19)21/h3-8H,9H2,1-2H3,(H2,19,21). The van der Waals surface area contributed by atoms with E-state index in [-0.39, 0.29) is 23.7 Å². The van der Waals surface area contributed by atoms with Gasteiger partial charge in [0.1, 0.15) is 17.2 Å². The van der Waals surface area contributed by atoms with Crippen molar-refractivity contribution in [1.29, 1.82) is 0 Å². The number of methoxy groups -OCH3 is 2.